The zero-order valence-electron chi connectivity index (χ0n) is 19.8. The van der Waals surface area contributed by atoms with Crippen molar-refractivity contribution in [3.05, 3.63) is 78.4 Å². The summed E-state index contributed by atoms with van der Waals surface area (Å²) in [5.74, 6) is 1.34. The fourth-order valence-electron chi connectivity index (χ4n) is 4.76. The number of aliphatic hydroxyl groups is 2. The van der Waals surface area contributed by atoms with Crippen molar-refractivity contribution in [3.63, 3.8) is 0 Å². The van der Waals surface area contributed by atoms with Gasteiger partial charge in [-0.2, -0.15) is 0 Å². The average molecular weight is 476 g/mol. The highest BCUT2D eigenvalue weighted by Gasteiger charge is 2.28. The highest BCUT2D eigenvalue weighted by Crippen LogP contribution is 2.33. The van der Waals surface area contributed by atoms with E-state index in [0.717, 1.165) is 48.3 Å². The number of rotatable bonds is 9. The molecule has 3 aromatic carbocycles. The number of likely N-dealkylation sites (tertiary alicyclic amines) is 1. The third-order valence-corrected chi connectivity index (χ3v) is 6.61. The van der Waals surface area contributed by atoms with Crippen LogP contribution in [0.25, 0.3) is 11.1 Å². The van der Waals surface area contributed by atoms with Crippen molar-refractivity contribution >= 4 is 5.69 Å². The molecule has 3 unspecified atom stereocenters. The van der Waals surface area contributed by atoms with Gasteiger partial charge < -0.3 is 29.9 Å². The molecule has 0 amide bonds. The Bertz CT molecular complexity index is 1090. The van der Waals surface area contributed by atoms with Crippen molar-refractivity contribution in [2.45, 2.75) is 31.3 Å². The summed E-state index contributed by atoms with van der Waals surface area (Å²) in [5.41, 5.74) is 3.77. The molecule has 4 N–H and O–H groups in total. The predicted molar refractivity (Wildman–Crippen MR) is 136 cm³/mol. The Balaban J connectivity index is 1.27. The van der Waals surface area contributed by atoms with Gasteiger partial charge in [-0.25, -0.2) is 0 Å². The third kappa shape index (κ3) is 5.94. The van der Waals surface area contributed by atoms with Crippen LogP contribution in [0, 0.1) is 0 Å². The molecule has 0 aromatic heterocycles. The van der Waals surface area contributed by atoms with Gasteiger partial charge >= 0.3 is 0 Å². The number of anilines is 1. The summed E-state index contributed by atoms with van der Waals surface area (Å²) in [6.45, 7) is 3.64. The lowest BCUT2D eigenvalue weighted by Crippen LogP contribution is -2.50. The molecule has 0 aliphatic carbocycles. The van der Waals surface area contributed by atoms with Gasteiger partial charge in [0, 0.05) is 12.2 Å². The standard InChI is InChI=1S/C28H33N3O4/c32-27(22-10-13-25-26(18-22)35-17-16-34-25)24(19-31-14-4-5-15-31)30-28(33)29-23-11-8-21(9-12-23)20-6-2-1-3-7-20/h1-3,6-13,18,24,27-30,32-33H,4-5,14-17,19H2. The van der Waals surface area contributed by atoms with E-state index in [1.54, 1.807) is 0 Å². The summed E-state index contributed by atoms with van der Waals surface area (Å²) < 4.78 is 11.3. The lowest BCUT2D eigenvalue weighted by Gasteiger charge is -2.31. The van der Waals surface area contributed by atoms with E-state index in [4.69, 9.17) is 9.47 Å². The van der Waals surface area contributed by atoms with E-state index in [-0.39, 0.29) is 6.04 Å². The summed E-state index contributed by atoms with van der Waals surface area (Å²) in [4.78, 5) is 2.32. The number of fused-ring (bicyclic) bond motifs is 1. The Labute approximate surface area is 206 Å². The molecule has 3 atom stereocenters. The molecule has 1 fully saturated rings. The van der Waals surface area contributed by atoms with E-state index in [1.165, 1.54) is 0 Å². The van der Waals surface area contributed by atoms with Crippen LogP contribution in [-0.2, 0) is 0 Å². The molecular formula is C28H33N3O4. The Morgan fingerprint density at radius 1 is 0.800 bits per heavy atom. The molecule has 35 heavy (non-hydrogen) atoms. The van der Waals surface area contributed by atoms with Crippen LogP contribution < -0.4 is 20.1 Å². The number of benzene rings is 3. The summed E-state index contributed by atoms with van der Waals surface area (Å²) in [6.07, 6.45) is 0.448. The van der Waals surface area contributed by atoms with Crippen molar-refractivity contribution in [1.82, 2.24) is 10.2 Å². The van der Waals surface area contributed by atoms with Crippen LogP contribution in [0.1, 0.15) is 24.5 Å². The summed E-state index contributed by atoms with van der Waals surface area (Å²) in [7, 11) is 0. The topological polar surface area (TPSA) is 86.2 Å². The summed E-state index contributed by atoms with van der Waals surface area (Å²) in [6, 6.07) is 23.3. The number of nitrogens with one attached hydrogen (secondary N) is 2. The van der Waals surface area contributed by atoms with Crippen LogP contribution in [0.2, 0.25) is 0 Å². The monoisotopic (exact) mass is 475 g/mol. The molecule has 0 saturated carbocycles. The predicted octanol–water partition coefficient (Wildman–Crippen LogP) is 3.60. The molecule has 7 nitrogen and oxygen atoms in total. The van der Waals surface area contributed by atoms with Crippen LogP contribution in [0.3, 0.4) is 0 Å². The maximum atomic E-state index is 11.3. The Hall–Kier alpha value is -3.10. The minimum atomic E-state index is -1.03. The molecule has 2 aliphatic rings. The summed E-state index contributed by atoms with van der Waals surface area (Å²) >= 11 is 0. The van der Waals surface area contributed by atoms with Gasteiger partial charge in [-0.3, -0.25) is 5.32 Å². The zero-order chi connectivity index (χ0) is 24.0. The largest absolute Gasteiger partial charge is 0.486 e. The quantitative estimate of drug-likeness (QED) is 0.352. The first-order valence-electron chi connectivity index (χ1n) is 12.3. The molecule has 184 valence electrons. The minimum absolute atomic E-state index is 0.387. The second-order valence-electron chi connectivity index (χ2n) is 9.12. The number of aliphatic hydroxyl groups excluding tert-OH is 2. The maximum Gasteiger partial charge on any atom is 0.181 e. The highest BCUT2D eigenvalue weighted by atomic mass is 16.6. The van der Waals surface area contributed by atoms with Crippen LogP contribution in [0.5, 0.6) is 11.5 Å². The van der Waals surface area contributed by atoms with Crippen molar-refractivity contribution in [1.29, 1.82) is 0 Å². The van der Waals surface area contributed by atoms with Crippen LogP contribution in [0.4, 0.5) is 5.69 Å². The second-order valence-corrected chi connectivity index (χ2v) is 9.12. The van der Waals surface area contributed by atoms with Crippen molar-refractivity contribution in [3.8, 4) is 22.6 Å². The smallest absolute Gasteiger partial charge is 0.181 e. The molecule has 2 heterocycles. The van der Waals surface area contributed by atoms with E-state index in [1.807, 2.05) is 60.7 Å². The highest BCUT2D eigenvalue weighted by molar-refractivity contribution is 5.65. The maximum absolute atomic E-state index is 11.3. The van der Waals surface area contributed by atoms with Gasteiger partial charge in [0.05, 0.1) is 12.1 Å². The minimum Gasteiger partial charge on any atom is -0.486 e. The van der Waals surface area contributed by atoms with Crippen molar-refractivity contribution < 1.29 is 19.7 Å². The van der Waals surface area contributed by atoms with Crippen molar-refractivity contribution in [2.75, 3.05) is 38.2 Å². The normalized spacial score (nSPS) is 18.1. The van der Waals surface area contributed by atoms with Crippen LogP contribution in [-0.4, -0.2) is 60.4 Å². The van der Waals surface area contributed by atoms with Gasteiger partial charge in [0.1, 0.15) is 13.2 Å². The second kappa shape index (κ2) is 11.1. The Kier molecular flexibility index (Phi) is 7.49. The van der Waals surface area contributed by atoms with Gasteiger partial charge in [-0.05, 0) is 66.9 Å². The number of nitrogens with zero attached hydrogens (tertiary/aromatic N) is 1. The van der Waals surface area contributed by atoms with Crippen LogP contribution in [0.15, 0.2) is 72.8 Å². The first-order valence-corrected chi connectivity index (χ1v) is 12.3. The van der Waals surface area contributed by atoms with Crippen molar-refractivity contribution in [2.24, 2.45) is 0 Å². The van der Waals surface area contributed by atoms with Gasteiger partial charge in [-0.15, -0.1) is 0 Å². The molecule has 0 radical (unpaired) electrons. The Morgan fingerprint density at radius 2 is 1.49 bits per heavy atom. The average Bonchev–Trinajstić information content (AvgIpc) is 3.42. The lowest BCUT2D eigenvalue weighted by atomic mass is 10.0. The fraction of sp³-hybridized carbons (Fsp3) is 0.357. The number of ether oxygens (including phenoxy) is 2. The molecule has 5 rings (SSSR count). The van der Waals surface area contributed by atoms with Crippen LogP contribution >= 0.6 is 0 Å². The van der Waals surface area contributed by atoms with Gasteiger partial charge in [0.25, 0.3) is 0 Å². The molecule has 1 saturated heterocycles. The van der Waals surface area contributed by atoms with E-state index < -0.39 is 12.5 Å². The lowest BCUT2D eigenvalue weighted by molar-refractivity contribution is 0.0620. The number of hydrogen-bond acceptors (Lipinski definition) is 7. The van der Waals surface area contributed by atoms with E-state index in [9.17, 15) is 10.2 Å². The number of hydrogen-bond donors (Lipinski definition) is 4. The molecule has 7 heteroatoms. The molecule has 3 aromatic rings. The third-order valence-electron chi connectivity index (χ3n) is 6.61. The van der Waals surface area contributed by atoms with Gasteiger partial charge in [-0.1, -0.05) is 48.5 Å². The summed E-state index contributed by atoms with van der Waals surface area (Å²) in [5, 5.41) is 28.4. The molecular weight excluding hydrogens is 442 g/mol. The van der Waals surface area contributed by atoms with Gasteiger partial charge in [0.15, 0.2) is 17.9 Å². The van der Waals surface area contributed by atoms with E-state index in [0.29, 0.717) is 31.3 Å². The first-order chi connectivity index (χ1) is 17.2. The SMILES string of the molecule is OC(Nc1ccc(-c2ccccc2)cc1)NC(CN1CCCC1)C(O)c1ccc2c(c1)OCCO2. The molecule has 0 spiro atoms. The zero-order valence-corrected chi connectivity index (χ0v) is 19.8. The Morgan fingerprint density at radius 3 is 2.23 bits per heavy atom. The van der Waals surface area contributed by atoms with E-state index >= 15 is 0 Å². The fourth-order valence-corrected chi connectivity index (χ4v) is 4.76. The van der Waals surface area contributed by atoms with E-state index in [2.05, 4.69) is 27.7 Å². The first kappa shape index (κ1) is 23.6. The molecule has 2 aliphatic heterocycles. The van der Waals surface area contributed by atoms with Gasteiger partial charge in [0.2, 0.25) is 0 Å². The molecule has 0 bridgehead atoms.